The third-order valence-corrected chi connectivity index (χ3v) is 5.85. The van der Waals surface area contributed by atoms with Crippen LogP contribution in [0.4, 0.5) is 0 Å². The first kappa shape index (κ1) is 15.8. The quantitative estimate of drug-likeness (QED) is 0.860. The highest BCUT2D eigenvalue weighted by Crippen LogP contribution is 2.44. The molecule has 126 valence electrons. The van der Waals surface area contributed by atoms with Crippen LogP contribution in [0.2, 0.25) is 0 Å². The molecule has 2 heterocycles. The van der Waals surface area contributed by atoms with Crippen molar-refractivity contribution in [2.24, 2.45) is 0 Å². The molecule has 1 fully saturated rings. The first-order valence-corrected chi connectivity index (χ1v) is 9.32. The van der Waals surface area contributed by atoms with E-state index in [9.17, 15) is 0 Å². The summed E-state index contributed by atoms with van der Waals surface area (Å²) in [5, 5.41) is 0. The molecule has 1 aromatic carbocycles. The van der Waals surface area contributed by atoms with Gasteiger partial charge < -0.3 is 0 Å². The minimum Gasteiger partial charge on any atom is -0.298 e. The Morgan fingerprint density at radius 3 is 2.71 bits per heavy atom. The average Bonchev–Trinajstić information content (AvgIpc) is 2.93. The van der Waals surface area contributed by atoms with Crippen LogP contribution in [0.3, 0.4) is 0 Å². The van der Waals surface area contributed by atoms with E-state index < -0.39 is 0 Å². The van der Waals surface area contributed by atoms with Crippen LogP contribution in [0.5, 0.6) is 0 Å². The number of benzene rings is 1. The molecule has 0 radical (unpaired) electrons. The maximum Gasteiger partial charge on any atom is 0.125 e. The Morgan fingerprint density at radius 1 is 1.12 bits per heavy atom. The number of aryl methyl sites for hydroxylation is 3. The third-order valence-electron chi connectivity index (χ3n) is 5.85. The second kappa shape index (κ2) is 6.29. The summed E-state index contributed by atoms with van der Waals surface area (Å²) in [6.07, 6.45) is 8.12. The molecular formula is C21H27N3. The van der Waals surface area contributed by atoms with Crippen LogP contribution in [-0.4, -0.2) is 28.0 Å². The van der Waals surface area contributed by atoms with Crippen molar-refractivity contribution in [2.45, 2.75) is 57.9 Å². The predicted octanol–water partition coefficient (Wildman–Crippen LogP) is 3.83. The lowest BCUT2D eigenvalue weighted by atomic mass is 9.77. The average molecular weight is 321 g/mol. The van der Waals surface area contributed by atoms with E-state index in [0.717, 1.165) is 31.8 Å². The maximum atomic E-state index is 4.86. The molecule has 2 aliphatic rings. The summed E-state index contributed by atoms with van der Waals surface area (Å²) in [6.45, 7) is 7.64. The van der Waals surface area contributed by atoms with E-state index >= 15 is 0 Å². The fourth-order valence-electron chi connectivity index (χ4n) is 4.53. The molecule has 2 aromatic rings. The van der Waals surface area contributed by atoms with Crippen molar-refractivity contribution < 1.29 is 0 Å². The van der Waals surface area contributed by atoms with Gasteiger partial charge in [-0.1, -0.05) is 31.2 Å². The standard InChI is InChI=1S/C21H27N3/c1-3-17-5-7-18(8-6-17)14-24-12-4-10-21(15-24)11-9-19-13-22-16(2)23-20(19)21/h5-8,13H,3-4,9-12,14-15H2,1-2H3. The van der Waals surface area contributed by atoms with Gasteiger partial charge in [0.05, 0.1) is 5.69 Å². The molecule has 3 heteroatoms. The van der Waals surface area contributed by atoms with Gasteiger partial charge in [0.2, 0.25) is 0 Å². The minimum atomic E-state index is 0.268. The van der Waals surface area contributed by atoms with E-state index in [1.54, 1.807) is 0 Å². The Hall–Kier alpha value is -1.74. The maximum absolute atomic E-state index is 4.86. The molecule has 1 unspecified atom stereocenters. The van der Waals surface area contributed by atoms with Gasteiger partial charge in [0.25, 0.3) is 0 Å². The monoisotopic (exact) mass is 321 g/mol. The van der Waals surface area contributed by atoms with Crippen LogP contribution in [0.15, 0.2) is 30.5 Å². The summed E-state index contributed by atoms with van der Waals surface area (Å²) in [5.41, 5.74) is 5.85. The Morgan fingerprint density at radius 2 is 1.92 bits per heavy atom. The number of nitrogens with zero attached hydrogens (tertiary/aromatic N) is 3. The van der Waals surface area contributed by atoms with E-state index in [-0.39, 0.29) is 5.41 Å². The number of hydrogen-bond donors (Lipinski definition) is 0. The van der Waals surface area contributed by atoms with Crippen LogP contribution in [0, 0.1) is 6.92 Å². The Labute approximate surface area is 145 Å². The van der Waals surface area contributed by atoms with E-state index in [4.69, 9.17) is 4.98 Å². The molecule has 1 spiro atoms. The van der Waals surface area contributed by atoms with Crippen LogP contribution >= 0.6 is 0 Å². The van der Waals surface area contributed by atoms with E-state index in [1.165, 1.54) is 48.2 Å². The van der Waals surface area contributed by atoms with Crippen molar-refractivity contribution in [1.82, 2.24) is 14.9 Å². The molecule has 1 atom stereocenters. The number of fused-ring (bicyclic) bond motifs is 2. The Balaban J connectivity index is 1.53. The SMILES string of the molecule is CCc1ccc(CN2CCCC3(CCc4cnc(C)nc43)C2)cc1. The zero-order valence-corrected chi connectivity index (χ0v) is 14.9. The fraction of sp³-hybridized carbons (Fsp3) is 0.524. The molecule has 1 aliphatic carbocycles. The fourth-order valence-corrected chi connectivity index (χ4v) is 4.53. The number of rotatable bonds is 3. The van der Waals surface area contributed by atoms with Crippen LogP contribution in [-0.2, 0) is 24.8 Å². The topological polar surface area (TPSA) is 29.0 Å². The highest BCUT2D eigenvalue weighted by atomic mass is 15.1. The normalized spacial score (nSPS) is 23.6. The van der Waals surface area contributed by atoms with Crippen molar-refractivity contribution >= 4 is 0 Å². The van der Waals surface area contributed by atoms with Gasteiger partial charge in [-0.3, -0.25) is 4.90 Å². The van der Waals surface area contributed by atoms with E-state index in [2.05, 4.69) is 47.3 Å². The lowest BCUT2D eigenvalue weighted by Crippen LogP contribution is -2.45. The molecule has 0 amide bonds. The first-order chi connectivity index (χ1) is 11.7. The van der Waals surface area contributed by atoms with Crippen molar-refractivity contribution in [2.75, 3.05) is 13.1 Å². The van der Waals surface area contributed by atoms with Gasteiger partial charge >= 0.3 is 0 Å². The zero-order valence-electron chi connectivity index (χ0n) is 14.9. The molecular weight excluding hydrogens is 294 g/mol. The second-order valence-electron chi connectivity index (χ2n) is 7.56. The molecule has 1 aliphatic heterocycles. The second-order valence-corrected chi connectivity index (χ2v) is 7.56. The zero-order chi connectivity index (χ0) is 16.6. The van der Waals surface area contributed by atoms with Crippen LogP contribution in [0.1, 0.15) is 54.4 Å². The third kappa shape index (κ3) is 2.86. The Bertz CT molecular complexity index is 718. The molecule has 0 N–H and O–H groups in total. The van der Waals surface area contributed by atoms with E-state index in [1.807, 2.05) is 6.92 Å². The molecule has 3 nitrogen and oxygen atoms in total. The van der Waals surface area contributed by atoms with Crippen LogP contribution < -0.4 is 0 Å². The van der Waals surface area contributed by atoms with Gasteiger partial charge in [-0.25, -0.2) is 9.97 Å². The molecule has 1 saturated heterocycles. The largest absolute Gasteiger partial charge is 0.298 e. The lowest BCUT2D eigenvalue weighted by molar-refractivity contribution is 0.136. The Kier molecular flexibility index (Phi) is 4.13. The van der Waals surface area contributed by atoms with E-state index in [0.29, 0.717) is 0 Å². The number of piperidine rings is 1. The molecule has 0 saturated carbocycles. The first-order valence-electron chi connectivity index (χ1n) is 9.32. The summed E-state index contributed by atoms with van der Waals surface area (Å²) in [5.74, 6) is 0.919. The van der Waals surface area contributed by atoms with Gasteiger partial charge in [0.15, 0.2) is 0 Å². The molecule has 0 bridgehead atoms. The smallest absolute Gasteiger partial charge is 0.125 e. The summed E-state index contributed by atoms with van der Waals surface area (Å²) >= 11 is 0. The number of likely N-dealkylation sites (tertiary alicyclic amines) is 1. The van der Waals surface area contributed by atoms with Gasteiger partial charge in [-0.05, 0) is 62.3 Å². The van der Waals surface area contributed by atoms with Gasteiger partial charge in [0.1, 0.15) is 5.82 Å². The number of hydrogen-bond acceptors (Lipinski definition) is 3. The summed E-state index contributed by atoms with van der Waals surface area (Å²) in [4.78, 5) is 11.9. The molecule has 24 heavy (non-hydrogen) atoms. The molecule has 4 rings (SSSR count). The van der Waals surface area contributed by atoms with Crippen molar-refractivity contribution in [1.29, 1.82) is 0 Å². The lowest BCUT2D eigenvalue weighted by Gasteiger charge is -2.40. The van der Waals surface area contributed by atoms with Gasteiger partial charge in [0, 0.05) is 24.7 Å². The minimum absolute atomic E-state index is 0.268. The highest BCUT2D eigenvalue weighted by Gasteiger charge is 2.43. The van der Waals surface area contributed by atoms with Crippen molar-refractivity contribution in [3.63, 3.8) is 0 Å². The summed E-state index contributed by atoms with van der Waals surface area (Å²) in [6, 6.07) is 9.15. The van der Waals surface area contributed by atoms with Crippen LogP contribution in [0.25, 0.3) is 0 Å². The van der Waals surface area contributed by atoms with Crippen molar-refractivity contribution in [3.05, 3.63) is 58.7 Å². The summed E-state index contributed by atoms with van der Waals surface area (Å²) < 4.78 is 0. The van der Waals surface area contributed by atoms with Gasteiger partial charge in [-0.15, -0.1) is 0 Å². The van der Waals surface area contributed by atoms with Gasteiger partial charge in [-0.2, -0.15) is 0 Å². The summed E-state index contributed by atoms with van der Waals surface area (Å²) in [7, 11) is 0. The molecule has 1 aromatic heterocycles. The van der Waals surface area contributed by atoms with Crippen molar-refractivity contribution in [3.8, 4) is 0 Å². The number of aromatic nitrogens is 2. The predicted molar refractivity (Wildman–Crippen MR) is 97.1 cm³/mol. The highest BCUT2D eigenvalue weighted by molar-refractivity contribution is 5.34.